The first-order chi connectivity index (χ1) is 14.9. The Bertz CT molecular complexity index is 1120. The lowest BCUT2D eigenvalue weighted by molar-refractivity contribution is 0.174. The van der Waals surface area contributed by atoms with Crippen LogP contribution in [-0.4, -0.2) is 58.4 Å². The van der Waals surface area contributed by atoms with E-state index < -0.39 is 13.4 Å². The van der Waals surface area contributed by atoms with E-state index in [0.717, 1.165) is 30.3 Å². The van der Waals surface area contributed by atoms with E-state index >= 15 is 0 Å². The largest absolute Gasteiger partial charge is 0.345 e. The summed E-state index contributed by atoms with van der Waals surface area (Å²) < 4.78 is 37.1. The van der Waals surface area contributed by atoms with Gasteiger partial charge in [-0.1, -0.05) is 11.6 Å². The number of rotatable bonds is 7. The lowest BCUT2D eigenvalue weighted by Gasteiger charge is -2.33. The van der Waals surface area contributed by atoms with Gasteiger partial charge in [-0.3, -0.25) is 9.46 Å². The first kappa shape index (κ1) is 22.3. The smallest absolute Gasteiger partial charge is 0.344 e. The molecule has 0 aromatic carbocycles. The van der Waals surface area contributed by atoms with Crippen molar-refractivity contribution >= 4 is 30.2 Å². The molecule has 0 unspecified atom stereocenters. The number of halogens is 2. The Morgan fingerprint density at radius 3 is 2.90 bits per heavy atom. The van der Waals surface area contributed by atoms with Crippen LogP contribution >= 0.6 is 19.2 Å². The summed E-state index contributed by atoms with van der Waals surface area (Å²) in [7, 11) is -0.359. The topological polar surface area (TPSA) is 93.2 Å². The fourth-order valence-electron chi connectivity index (χ4n) is 3.99. The molecule has 1 aliphatic heterocycles. The molecule has 11 heteroatoms. The fourth-order valence-corrected chi connectivity index (χ4v) is 5.28. The molecule has 31 heavy (non-hydrogen) atoms. The third kappa shape index (κ3) is 4.96. The van der Waals surface area contributed by atoms with E-state index in [1.165, 1.54) is 20.4 Å². The molecule has 166 valence electrons. The summed E-state index contributed by atoms with van der Waals surface area (Å²) in [5, 5.41) is 1.28. The summed E-state index contributed by atoms with van der Waals surface area (Å²) in [4.78, 5) is 18.1. The lowest BCUT2D eigenvalue weighted by Crippen LogP contribution is -2.37. The zero-order chi connectivity index (χ0) is 22.0. The number of likely N-dealkylation sites (tertiary alicyclic amines) is 1. The van der Waals surface area contributed by atoms with Gasteiger partial charge in [0.25, 0.3) is 0 Å². The molecule has 4 heterocycles. The van der Waals surface area contributed by atoms with E-state index in [2.05, 4.69) is 24.8 Å². The normalized spacial score (nSPS) is 18.0. The Labute approximate surface area is 184 Å². The van der Waals surface area contributed by atoms with Crippen molar-refractivity contribution in [1.29, 1.82) is 0 Å². The Balaban J connectivity index is 1.54. The quantitative estimate of drug-likeness (QED) is 0.511. The van der Waals surface area contributed by atoms with Gasteiger partial charge in [-0.15, -0.1) is 0 Å². The van der Waals surface area contributed by atoms with E-state index in [0.29, 0.717) is 35.2 Å². The zero-order valence-corrected chi connectivity index (χ0v) is 19.0. The number of pyridine rings is 1. The van der Waals surface area contributed by atoms with Crippen molar-refractivity contribution in [3.63, 3.8) is 0 Å². The third-order valence-corrected chi connectivity index (χ3v) is 7.64. The SMILES string of the molecule is COP(=O)(CN1CCC[C@H](Cc2nc(-c3c[nH]c4ncc(Cl)cc34)ncc2F)C1)OC. The Morgan fingerprint density at radius 2 is 2.13 bits per heavy atom. The maximum Gasteiger partial charge on any atom is 0.344 e. The predicted octanol–water partition coefficient (Wildman–Crippen LogP) is 4.51. The monoisotopic (exact) mass is 467 g/mol. The summed E-state index contributed by atoms with van der Waals surface area (Å²) in [6.45, 7) is 1.47. The van der Waals surface area contributed by atoms with Gasteiger partial charge < -0.3 is 14.0 Å². The summed E-state index contributed by atoms with van der Waals surface area (Å²) >= 11 is 6.08. The molecule has 1 saturated heterocycles. The molecular formula is C20H24ClFN5O3P. The number of hydrogen-bond donors (Lipinski definition) is 1. The van der Waals surface area contributed by atoms with Crippen LogP contribution in [0.2, 0.25) is 5.02 Å². The van der Waals surface area contributed by atoms with Crippen molar-refractivity contribution in [1.82, 2.24) is 24.8 Å². The zero-order valence-electron chi connectivity index (χ0n) is 17.3. The Kier molecular flexibility index (Phi) is 6.69. The average Bonchev–Trinajstić information content (AvgIpc) is 3.18. The van der Waals surface area contributed by atoms with E-state index in [-0.39, 0.29) is 12.2 Å². The number of fused-ring (bicyclic) bond motifs is 1. The highest BCUT2D eigenvalue weighted by Crippen LogP contribution is 2.47. The van der Waals surface area contributed by atoms with Crippen LogP contribution in [0, 0.1) is 11.7 Å². The van der Waals surface area contributed by atoms with Crippen molar-refractivity contribution in [2.75, 3.05) is 33.6 Å². The van der Waals surface area contributed by atoms with Crippen LogP contribution in [0.1, 0.15) is 18.5 Å². The molecule has 0 amide bonds. The average molecular weight is 468 g/mol. The molecule has 0 spiro atoms. The molecule has 3 aromatic rings. The van der Waals surface area contributed by atoms with Crippen LogP contribution in [0.15, 0.2) is 24.7 Å². The minimum atomic E-state index is -3.13. The molecule has 1 fully saturated rings. The maximum absolute atomic E-state index is 14.6. The molecule has 4 rings (SSSR count). The van der Waals surface area contributed by atoms with Gasteiger partial charge in [0.1, 0.15) is 11.9 Å². The second-order valence-electron chi connectivity index (χ2n) is 7.65. The van der Waals surface area contributed by atoms with Crippen LogP contribution in [0.5, 0.6) is 0 Å². The minimum absolute atomic E-state index is 0.173. The van der Waals surface area contributed by atoms with Gasteiger partial charge in [0.2, 0.25) is 0 Å². The number of H-pyrrole nitrogens is 1. The molecule has 1 atom stereocenters. The second-order valence-corrected chi connectivity index (χ2v) is 10.3. The fraction of sp³-hybridized carbons (Fsp3) is 0.450. The molecule has 0 radical (unpaired) electrons. The molecule has 8 nitrogen and oxygen atoms in total. The van der Waals surface area contributed by atoms with Crippen LogP contribution in [0.3, 0.4) is 0 Å². The van der Waals surface area contributed by atoms with Crippen molar-refractivity contribution < 1.29 is 18.0 Å². The van der Waals surface area contributed by atoms with Gasteiger partial charge in [0.05, 0.1) is 16.9 Å². The number of aromatic nitrogens is 4. The Hall–Kier alpha value is -1.90. The van der Waals surface area contributed by atoms with Gasteiger partial charge in [-0.2, -0.15) is 0 Å². The Morgan fingerprint density at radius 1 is 1.32 bits per heavy atom. The number of piperidine rings is 1. The summed E-state index contributed by atoms with van der Waals surface area (Å²) in [5.74, 6) is 0.159. The first-order valence-electron chi connectivity index (χ1n) is 9.98. The first-order valence-corrected chi connectivity index (χ1v) is 12.1. The van der Waals surface area contributed by atoms with Crippen LogP contribution in [-0.2, 0) is 20.0 Å². The van der Waals surface area contributed by atoms with E-state index in [9.17, 15) is 8.96 Å². The lowest BCUT2D eigenvalue weighted by atomic mass is 9.93. The van der Waals surface area contributed by atoms with Gasteiger partial charge >= 0.3 is 7.60 Å². The highest BCUT2D eigenvalue weighted by Gasteiger charge is 2.29. The summed E-state index contributed by atoms with van der Waals surface area (Å²) in [6, 6.07) is 1.78. The van der Waals surface area contributed by atoms with Gasteiger partial charge in [0.15, 0.2) is 11.6 Å². The number of aromatic amines is 1. The number of nitrogens with zero attached hydrogens (tertiary/aromatic N) is 4. The summed E-state index contributed by atoms with van der Waals surface area (Å²) in [5.41, 5.74) is 1.75. The molecule has 0 bridgehead atoms. The molecular weight excluding hydrogens is 444 g/mol. The highest BCUT2D eigenvalue weighted by molar-refractivity contribution is 7.53. The number of hydrogen-bond acceptors (Lipinski definition) is 7. The van der Waals surface area contributed by atoms with E-state index in [1.54, 1.807) is 18.5 Å². The van der Waals surface area contributed by atoms with Crippen LogP contribution < -0.4 is 0 Å². The van der Waals surface area contributed by atoms with E-state index in [4.69, 9.17) is 20.6 Å². The molecule has 1 N–H and O–H groups in total. The van der Waals surface area contributed by atoms with Crippen molar-refractivity contribution in [2.45, 2.75) is 19.3 Å². The molecule has 0 aliphatic carbocycles. The van der Waals surface area contributed by atoms with Gasteiger partial charge in [0, 0.05) is 44.1 Å². The summed E-state index contributed by atoms with van der Waals surface area (Å²) in [6.07, 6.45) is 7.05. The van der Waals surface area contributed by atoms with Gasteiger partial charge in [-0.05, 0) is 37.8 Å². The van der Waals surface area contributed by atoms with Crippen LogP contribution in [0.4, 0.5) is 4.39 Å². The highest BCUT2D eigenvalue weighted by atomic mass is 35.5. The molecule has 3 aromatic heterocycles. The standard InChI is InChI=1S/C20H24ClFN5O3P/c1-29-31(28,30-2)12-27-5-3-4-13(11-27)6-18-17(22)10-25-20(26-18)16-9-24-19-15(16)7-14(21)8-23-19/h7-10,13H,3-6,11-12H2,1-2H3,(H,23,24)/t13-/m1/s1. The van der Waals surface area contributed by atoms with E-state index in [1.807, 2.05) is 0 Å². The second kappa shape index (κ2) is 9.30. The molecule has 0 saturated carbocycles. The predicted molar refractivity (Wildman–Crippen MR) is 117 cm³/mol. The van der Waals surface area contributed by atoms with Crippen LogP contribution in [0.25, 0.3) is 22.4 Å². The maximum atomic E-state index is 14.6. The van der Waals surface area contributed by atoms with Gasteiger partial charge in [-0.25, -0.2) is 19.3 Å². The molecule has 1 aliphatic rings. The van der Waals surface area contributed by atoms with Crippen molar-refractivity contribution in [2.24, 2.45) is 5.92 Å². The minimum Gasteiger partial charge on any atom is -0.345 e. The third-order valence-electron chi connectivity index (χ3n) is 5.57. The van der Waals surface area contributed by atoms with Crippen molar-refractivity contribution in [3.05, 3.63) is 41.2 Å². The van der Waals surface area contributed by atoms with Crippen molar-refractivity contribution in [3.8, 4) is 11.4 Å². The number of nitrogens with one attached hydrogen (secondary N) is 1.